The average Bonchev–Trinajstić information content (AvgIpc) is 2.93. The van der Waals surface area contributed by atoms with E-state index in [1.165, 1.54) is 6.33 Å². The van der Waals surface area contributed by atoms with Crippen molar-refractivity contribution in [3.63, 3.8) is 0 Å². The standard InChI is InChI=1S/C15H24N6O/c1-14(2,3)11-8-10(20(7)19-11)12(22)18-13-16-9-17-21(13)15(4,5)6/h8-9H,1-7H3,(H,16,17,18,22). The van der Waals surface area contributed by atoms with E-state index in [1.807, 2.05) is 26.8 Å². The molecule has 0 aromatic carbocycles. The number of nitrogens with zero attached hydrogens (tertiary/aromatic N) is 5. The summed E-state index contributed by atoms with van der Waals surface area (Å²) in [5, 5.41) is 11.4. The van der Waals surface area contributed by atoms with Gasteiger partial charge in [-0.3, -0.25) is 14.8 Å². The van der Waals surface area contributed by atoms with Gasteiger partial charge < -0.3 is 0 Å². The van der Waals surface area contributed by atoms with E-state index < -0.39 is 0 Å². The molecule has 7 nitrogen and oxygen atoms in total. The molecule has 0 bridgehead atoms. The van der Waals surface area contributed by atoms with Crippen molar-refractivity contribution in [3.8, 4) is 0 Å². The lowest BCUT2D eigenvalue weighted by Gasteiger charge is -2.20. The quantitative estimate of drug-likeness (QED) is 0.923. The highest BCUT2D eigenvalue weighted by molar-refractivity contribution is 6.02. The van der Waals surface area contributed by atoms with Crippen molar-refractivity contribution >= 4 is 11.9 Å². The van der Waals surface area contributed by atoms with E-state index in [0.29, 0.717) is 11.6 Å². The number of aryl methyl sites for hydroxylation is 1. The van der Waals surface area contributed by atoms with Crippen molar-refractivity contribution in [2.75, 3.05) is 5.32 Å². The fourth-order valence-corrected chi connectivity index (χ4v) is 2.03. The number of aromatic nitrogens is 5. The molecule has 0 aliphatic carbocycles. The van der Waals surface area contributed by atoms with E-state index >= 15 is 0 Å². The summed E-state index contributed by atoms with van der Waals surface area (Å²) >= 11 is 0. The van der Waals surface area contributed by atoms with E-state index in [1.54, 1.807) is 16.4 Å². The summed E-state index contributed by atoms with van der Waals surface area (Å²) < 4.78 is 3.28. The lowest BCUT2D eigenvalue weighted by Crippen LogP contribution is -2.27. The zero-order chi connectivity index (χ0) is 16.7. The molecule has 2 aromatic rings. The molecule has 0 radical (unpaired) electrons. The minimum atomic E-state index is -0.262. The first-order chi connectivity index (χ1) is 10.00. The number of carbonyl (C=O) groups excluding carboxylic acids is 1. The number of amides is 1. The highest BCUT2D eigenvalue weighted by atomic mass is 16.2. The fraction of sp³-hybridized carbons (Fsp3) is 0.600. The lowest BCUT2D eigenvalue weighted by atomic mass is 9.92. The smallest absolute Gasteiger partial charge is 0.276 e. The first kappa shape index (κ1) is 16.2. The van der Waals surface area contributed by atoms with Crippen LogP contribution in [0.25, 0.3) is 0 Å². The van der Waals surface area contributed by atoms with Crippen LogP contribution in [0.2, 0.25) is 0 Å². The lowest BCUT2D eigenvalue weighted by molar-refractivity contribution is 0.101. The molecule has 0 aliphatic heterocycles. The third-order valence-electron chi connectivity index (χ3n) is 3.29. The van der Waals surface area contributed by atoms with Gasteiger partial charge in [0.1, 0.15) is 12.0 Å². The summed E-state index contributed by atoms with van der Waals surface area (Å²) in [6.45, 7) is 12.2. The zero-order valence-corrected chi connectivity index (χ0v) is 14.3. The molecule has 0 atom stereocenters. The summed E-state index contributed by atoms with van der Waals surface area (Å²) in [5.41, 5.74) is 0.995. The van der Waals surface area contributed by atoms with Gasteiger partial charge in [-0.05, 0) is 26.8 Å². The molecule has 0 fully saturated rings. The molecule has 22 heavy (non-hydrogen) atoms. The molecule has 0 aliphatic rings. The van der Waals surface area contributed by atoms with Crippen LogP contribution in [0.15, 0.2) is 12.4 Å². The van der Waals surface area contributed by atoms with E-state index in [9.17, 15) is 4.79 Å². The Kier molecular flexibility index (Phi) is 3.85. The Morgan fingerprint density at radius 3 is 2.32 bits per heavy atom. The molecule has 2 aromatic heterocycles. The topological polar surface area (TPSA) is 77.6 Å². The number of rotatable bonds is 2. The van der Waals surface area contributed by atoms with Crippen molar-refractivity contribution in [1.82, 2.24) is 24.5 Å². The maximum atomic E-state index is 12.5. The van der Waals surface area contributed by atoms with Gasteiger partial charge in [-0.2, -0.15) is 15.2 Å². The van der Waals surface area contributed by atoms with Crippen LogP contribution in [0.3, 0.4) is 0 Å². The van der Waals surface area contributed by atoms with E-state index in [0.717, 1.165) is 5.69 Å². The van der Waals surface area contributed by atoms with Crippen molar-refractivity contribution in [2.45, 2.75) is 52.5 Å². The third kappa shape index (κ3) is 3.18. The second-order valence-electron chi connectivity index (χ2n) is 7.41. The Morgan fingerprint density at radius 2 is 1.82 bits per heavy atom. The second kappa shape index (κ2) is 5.23. The van der Waals surface area contributed by atoms with Crippen molar-refractivity contribution in [1.29, 1.82) is 0 Å². The van der Waals surface area contributed by atoms with Gasteiger partial charge in [0.05, 0.1) is 11.2 Å². The molecule has 120 valence electrons. The Hall–Kier alpha value is -2.18. The Morgan fingerprint density at radius 1 is 1.18 bits per heavy atom. The van der Waals surface area contributed by atoms with Crippen LogP contribution in [-0.4, -0.2) is 30.5 Å². The number of hydrogen-bond acceptors (Lipinski definition) is 4. The molecule has 0 spiro atoms. The number of hydrogen-bond donors (Lipinski definition) is 1. The molecule has 0 saturated carbocycles. The largest absolute Gasteiger partial charge is 0.289 e. The SMILES string of the molecule is Cn1nc(C(C)(C)C)cc1C(=O)Nc1ncnn1C(C)(C)C. The van der Waals surface area contributed by atoms with Gasteiger partial charge in [-0.1, -0.05) is 20.8 Å². The van der Waals surface area contributed by atoms with Gasteiger partial charge >= 0.3 is 0 Å². The normalized spacial score (nSPS) is 12.5. The molecule has 0 unspecified atom stereocenters. The van der Waals surface area contributed by atoms with Crippen LogP contribution >= 0.6 is 0 Å². The van der Waals surface area contributed by atoms with E-state index in [-0.39, 0.29) is 16.9 Å². The highest BCUT2D eigenvalue weighted by Crippen LogP contribution is 2.22. The molecule has 2 heterocycles. The second-order valence-corrected chi connectivity index (χ2v) is 7.41. The predicted molar refractivity (Wildman–Crippen MR) is 84.9 cm³/mol. The van der Waals surface area contributed by atoms with Gasteiger partial charge in [-0.15, -0.1) is 0 Å². The molecule has 1 amide bonds. The Balaban J connectivity index is 2.28. The van der Waals surface area contributed by atoms with Gasteiger partial charge in [0, 0.05) is 12.5 Å². The van der Waals surface area contributed by atoms with Gasteiger partial charge in [0.2, 0.25) is 5.95 Å². The van der Waals surface area contributed by atoms with Crippen LogP contribution in [0.4, 0.5) is 5.95 Å². The average molecular weight is 304 g/mol. The Labute approximate surface area is 130 Å². The number of nitrogens with one attached hydrogen (secondary N) is 1. The van der Waals surface area contributed by atoms with Crippen molar-refractivity contribution < 1.29 is 4.79 Å². The molecular formula is C15H24N6O. The van der Waals surface area contributed by atoms with Gasteiger partial charge in [-0.25, -0.2) is 4.68 Å². The number of anilines is 1. The third-order valence-corrected chi connectivity index (χ3v) is 3.29. The van der Waals surface area contributed by atoms with Crippen molar-refractivity contribution in [3.05, 3.63) is 23.8 Å². The van der Waals surface area contributed by atoms with Crippen LogP contribution in [-0.2, 0) is 18.0 Å². The van der Waals surface area contributed by atoms with Crippen LogP contribution < -0.4 is 5.32 Å². The molecule has 0 saturated heterocycles. The van der Waals surface area contributed by atoms with Gasteiger partial charge in [0.15, 0.2) is 0 Å². The summed E-state index contributed by atoms with van der Waals surface area (Å²) in [5.74, 6) is 0.181. The summed E-state index contributed by atoms with van der Waals surface area (Å²) in [7, 11) is 1.76. The van der Waals surface area contributed by atoms with E-state index in [2.05, 4.69) is 41.3 Å². The maximum absolute atomic E-state index is 12.5. The summed E-state index contributed by atoms with van der Waals surface area (Å²) in [6.07, 6.45) is 1.44. The maximum Gasteiger partial charge on any atom is 0.276 e. The molecule has 1 N–H and O–H groups in total. The minimum absolute atomic E-state index is 0.109. The van der Waals surface area contributed by atoms with Crippen LogP contribution in [0, 0.1) is 0 Å². The van der Waals surface area contributed by atoms with Crippen molar-refractivity contribution in [2.24, 2.45) is 7.05 Å². The van der Waals surface area contributed by atoms with E-state index in [4.69, 9.17) is 0 Å². The predicted octanol–water partition coefficient (Wildman–Crippen LogP) is 2.32. The molecular weight excluding hydrogens is 280 g/mol. The van der Waals surface area contributed by atoms with Crippen LogP contribution in [0.1, 0.15) is 57.7 Å². The van der Waals surface area contributed by atoms with Crippen LogP contribution in [0.5, 0.6) is 0 Å². The monoisotopic (exact) mass is 304 g/mol. The number of carbonyl (C=O) groups is 1. The van der Waals surface area contributed by atoms with Gasteiger partial charge in [0.25, 0.3) is 5.91 Å². The molecule has 2 rings (SSSR count). The fourth-order valence-electron chi connectivity index (χ4n) is 2.03. The molecule has 7 heteroatoms. The first-order valence-corrected chi connectivity index (χ1v) is 7.26. The first-order valence-electron chi connectivity index (χ1n) is 7.26. The Bertz CT molecular complexity index is 684. The minimum Gasteiger partial charge on any atom is -0.289 e. The summed E-state index contributed by atoms with van der Waals surface area (Å²) in [6, 6.07) is 1.81. The summed E-state index contributed by atoms with van der Waals surface area (Å²) in [4.78, 5) is 16.6. The zero-order valence-electron chi connectivity index (χ0n) is 14.3. The highest BCUT2D eigenvalue weighted by Gasteiger charge is 2.24.